The van der Waals surface area contributed by atoms with Crippen LogP contribution in [0.2, 0.25) is 0 Å². The summed E-state index contributed by atoms with van der Waals surface area (Å²) in [7, 11) is 0. The first-order chi connectivity index (χ1) is 13.8. The molecule has 0 atom stereocenters. The van der Waals surface area contributed by atoms with E-state index in [0.29, 0.717) is 51.3 Å². The zero-order valence-corrected chi connectivity index (χ0v) is 18.7. The largest absolute Gasteiger partial charge is 0.378 e. The van der Waals surface area contributed by atoms with Gasteiger partial charge in [-0.05, 0) is 50.0 Å². The summed E-state index contributed by atoms with van der Waals surface area (Å²) in [4.78, 5) is 8.69. The Kier molecular flexibility index (Phi) is 21.1. The number of ether oxygens (including phenoxy) is 2. The molecule has 0 saturated carbocycles. The molecule has 0 aromatic heterocycles. The zero-order chi connectivity index (χ0) is 20.7. The number of hydrogen-bond donors (Lipinski definition) is 0. The fourth-order valence-corrected chi connectivity index (χ4v) is 2.37. The minimum Gasteiger partial charge on any atom is -0.378 e. The van der Waals surface area contributed by atoms with Crippen molar-refractivity contribution >= 4 is 35.6 Å². The third-order valence-corrected chi connectivity index (χ3v) is 3.73. The molecule has 28 heavy (non-hydrogen) atoms. The predicted molar refractivity (Wildman–Crippen MR) is 125 cm³/mol. The SMILES string of the molecule is C\C=C/C(=C\C=N\CCOCCCl)CCC(/C=C\C)=C/C=N/CCOCCCl. The summed E-state index contributed by atoms with van der Waals surface area (Å²) < 4.78 is 10.6. The van der Waals surface area contributed by atoms with E-state index < -0.39 is 0 Å². The molecule has 0 spiro atoms. The lowest BCUT2D eigenvalue weighted by Gasteiger charge is -2.03. The van der Waals surface area contributed by atoms with E-state index in [1.54, 1.807) is 0 Å². The second-order valence-electron chi connectivity index (χ2n) is 5.70. The molecule has 0 heterocycles. The molecule has 0 aromatic rings. The quantitative estimate of drug-likeness (QED) is 0.134. The second kappa shape index (κ2) is 22.1. The van der Waals surface area contributed by atoms with Crippen LogP contribution >= 0.6 is 23.2 Å². The van der Waals surface area contributed by atoms with Gasteiger partial charge < -0.3 is 9.47 Å². The molecule has 0 N–H and O–H groups in total. The lowest BCUT2D eigenvalue weighted by molar-refractivity contribution is 0.157. The van der Waals surface area contributed by atoms with Crippen LogP contribution in [0.1, 0.15) is 26.7 Å². The molecule has 0 saturated heterocycles. The van der Waals surface area contributed by atoms with E-state index in [1.165, 1.54) is 11.1 Å². The minimum atomic E-state index is 0.517. The Morgan fingerprint density at radius 2 is 1.14 bits per heavy atom. The van der Waals surface area contributed by atoms with Crippen molar-refractivity contribution in [2.45, 2.75) is 26.7 Å². The molecule has 0 unspecified atom stereocenters. The summed E-state index contributed by atoms with van der Waals surface area (Å²) in [5, 5.41) is 0. The van der Waals surface area contributed by atoms with Crippen LogP contribution in [-0.2, 0) is 9.47 Å². The summed E-state index contributed by atoms with van der Waals surface area (Å²) in [6.45, 7) is 7.66. The van der Waals surface area contributed by atoms with Crippen LogP contribution in [0.25, 0.3) is 0 Å². The number of hydrogen-bond acceptors (Lipinski definition) is 4. The molecular formula is C22H34Cl2N2O2. The van der Waals surface area contributed by atoms with Gasteiger partial charge in [0.25, 0.3) is 0 Å². The Bertz CT molecular complexity index is 491. The first kappa shape index (κ1) is 26.8. The monoisotopic (exact) mass is 428 g/mol. The van der Waals surface area contributed by atoms with Crippen molar-refractivity contribution in [3.05, 3.63) is 47.6 Å². The number of aliphatic imine (C=N–C) groups is 2. The summed E-state index contributed by atoms with van der Waals surface area (Å²) in [5.74, 6) is 1.03. The standard InChI is InChI=1S/C22H34Cl2N2O2/c1-3-5-21(9-13-25-15-19-27-17-11-23)7-8-22(6-4-2)10-14-26-16-20-28-18-12-24/h3-6,9-10,13-14H,7-8,11-12,15-20H2,1-2H3/b5-3-,6-4-,21-9+,22-10+,25-13+,26-14+. The molecule has 0 aliphatic rings. The Morgan fingerprint density at radius 3 is 1.50 bits per heavy atom. The van der Waals surface area contributed by atoms with Crippen LogP contribution in [0.4, 0.5) is 0 Å². The average molecular weight is 429 g/mol. The Labute approximate surface area is 180 Å². The Hall–Kier alpha value is -1.20. The summed E-state index contributed by atoms with van der Waals surface area (Å²) in [6, 6.07) is 0. The number of rotatable bonds is 17. The van der Waals surface area contributed by atoms with Gasteiger partial charge in [-0.1, -0.05) is 24.3 Å². The van der Waals surface area contributed by atoms with Gasteiger partial charge in [0.05, 0.1) is 39.5 Å². The average Bonchev–Trinajstić information content (AvgIpc) is 2.70. The van der Waals surface area contributed by atoms with Gasteiger partial charge in [-0.3, -0.25) is 9.98 Å². The van der Waals surface area contributed by atoms with E-state index in [0.717, 1.165) is 12.8 Å². The zero-order valence-electron chi connectivity index (χ0n) is 17.2. The molecule has 0 aliphatic carbocycles. The number of nitrogens with zero attached hydrogens (tertiary/aromatic N) is 2. The molecule has 0 aliphatic heterocycles. The third-order valence-electron chi connectivity index (χ3n) is 3.42. The van der Waals surface area contributed by atoms with Crippen LogP contribution in [0.15, 0.2) is 57.6 Å². The summed E-state index contributed by atoms with van der Waals surface area (Å²) in [6.07, 6.45) is 18.0. The fraction of sp³-hybridized carbons (Fsp3) is 0.545. The van der Waals surface area contributed by atoms with Crippen LogP contribution in [0.5, 0.6) is 0 Å². The maximum Gasteiger partial charge on any atom is 0.0662 e. The summed E-state index contributed by atoms with van der Waals surface area (Å²) >= 11 is 11.1. The molecule has 0 bridgehead atoms. The second-order valence-corrected chi connectivity index (χ2v) is 6.45. The van der Waals surface area contributed by atoms with E-state index in [4.69, 9.17) is 32.7 Å². The lowest BCUT2D eigenvalue weighted by Crippen LogP contribution is -2.00. The number of allylic oxidation sites excluding steroid dienone is 8. The molecule has 6 heteroatoms. The highest BCUT2D eigenvalue weighted by Gasteiger charge is 1.96. The minimum absolute atomic E-state index is 0.517. The van der Waals surface area contributed by atoms with Gasteiger partial charge in [-0.15, -0.1) is 23.2 Å². The van der Waals surface area contributed by atoms with Crippen molar-refractivity contribution < 1.29 is 9.47 Å². The maximum absolute atomic E-state index is 5.56. The molecule has 0 rings (SSSR count). The van der Waals surface area contributed by atoms with Crippen molar-refractivity contribution in [3.63, 3.8) is 0 Å². The third kappa shape index (κ3) is 18.2. The molecule has 0 amide bonds. The van der Waals surface area contributed by atoms with Gasteiger partial charge in [-0.2, -0.15) is 0 Å². The van der Waals surface area contributed by atoms with E-state index in [2.05, 4.69) is 34.3 Å². The van der Waals surface area contributed by atoms with Crippen molar-refractivity contribution in [2.24, 2.45) is 9.98 Å². The van der Waals surface area contributed by atoms with E-state index in [-0.39, 0.29) is 0 Å². The smallest absolute Gasteiger partial charge is 0.0662 e. The van der Waals surface area contributed by atoms with Crippen LogP contribution < -0.4 is 0 Å². The molecular weight excluding hydrogens is 395 g/mol. The topological polar surface area (TPSA) is 43.2 Å². The van der Waals surface area contributed by atoms with Crippen molar-refractivity contribution in [1.82, 2.24) is 0 Å². The highest BCUT2D eigenvalue weighted by atomic mass is 35.5. The van der Waals surface area contributed by atoms with Gasteiger partial charge in [-0.25, -0.2) is 0 Å². The highest BCUT2D eigenvalue weighted by Crippen LogP contribution is 2.13. The molecule has 0 radical (unpaired) electrons. The van der Waals surface area contributed by atoms with Crippen molar-refractivity contribution in [1.29, 1.82) is 0 Å². The van der Waals surface area contributed by atoms with Crippen LogP contribution in [0.3, 0.4) is 0 Å². The maximum atomic E-state index is 5.56. The van der Waals surface area contributed by atoms with Gasteiger partial charge in [0, 0.05) is 24.2 Å². The Morgan fingerprint density at radius 1 is 0.714 bits per heavy atom. The van der Waals surface area contributed by atoms with Crippen LogP contribution in [0, 0.1) is 0 Å². The van der Waals surface area contributed by atoms with Gasteiger partial charge in [0.1, 0.15) is 0 Å². The Balaban J connectivity index is 4.51. The van der Waals surface area contributed by atoms with E-state index in [9.17, 15) is 0 Å². The van der Waals surface area contributed by atoms with E-state index in [1.807, 2.05) is 38.4 Å². The van der Waals surface area contributed by atoms with Crippen molar-refractivity contribution in [3.8, 4) is 0 Å². The van der Waals surface area contributed by atoms with Gasteiger partial charge in [0.2, 0.25) is 0 Å². The summed E-state index contributed by atoms with van der Waals surface area (Å²) in [5.41, 5.74) is 2.46. The van der Waals surface area contributed by atoms with Crippen LogP contribution in [-0.4, -0.2) is 63.7 Å². The molecule has 158 valence electrons. The fourth-order valence-electron chi connectivity index (χ4n) is 2.15. The van der Waals surface area contributed by atoms with Gasteiger partial charge in [0.15, 0.2) is 0 Å². The normalized spacial score (nSPS) is 13.9. The predicted octanol–water partition coefficient (Wildman–Crippen LogP) is 5.42. The van der Waals surface area contributed by atoms with E-state index >= 15 is 0 Å². The van der Waals surface area contributed by atoms with Crippen molar-refractivity contribution in [2.75, 3.05) is 51.3 Å². The first-order valence-electron chi connectivity index (χ1n) is 9.69. The number of halogens is 2. The lowest BCUT2D eigenvalue weighted by atomic mass is 10.0. The number of alkyl halides is 2. The molecule has 0 fully saturated rings. The van der Waals surface area contributed by atoms with Gasteiger partial charge >= 0.3 is 0 Å². The first-order valence-corrected chi connectivity index (χ1v) is 10.8. The highest BCUT2D eigenvalue weighted by molar-refractivity contribution is 6.18. The molecule has 4 nitrogen and oxygen atoms in total. The molecule has 0 aromatic carbocycles.